The third kappa shape index (κ3) is 2.37. The number of hydrogen-bond acceptors (Lipinski definition) is 5. The molecule has 2 aromatic rings. The molecule has 0 fully saturated rings. The fraction of sp³-hybridized carbons (Fsp3) is 0.100. The maximum atomic E-state index is 11.3. The van der Waals surface area contributed by atoms with Crippen molar-refractivity contribution in [2.75, 3.05) is 12.8 Å². The van der Waals surface area contributed by atoms with Crippen molar-refractivity contribution >= 4 is 46.7 Å². The Labute approximate surface area is 107 Å². The van der Waals surface area contributed by atoms with E-state index in [4.69, 9.17) is 5.73 Å². The summed E-state index contributed by atoms with van der Waals surface area (Å²) in [5.41, 5.74) is 6.22. The summed E-state index contributed by atoms with van der Waals surface area (Å²) in [6, 6.07) is 5.77. The summed E-state index contributed by atoms with van der Waals surface area (Å²) < 4.78 is 4.64. The molecule has 0 aliphatic heterocycles. The highest BCUT2D eigenvalue weighted by Crippen LogP contribution is 2.35. The predicted octanol–water partition coefficient (Wildman–Crippen LogP) is 3.27. The summed E-state index contributed by atoms with van der Waals surface area (Å²) in [6.45, 7) is 0. The number of anilines is 1. The highest BCUT2D eigenvalue weighted by Gasteiger charge is 2.15. The second kappa shape index (κ2) is 5.34. The van der Waals surface area contributed by atoms with Crippen LogP contribution in [0.4, 0.5) is 5.69 Å². The molecule has 0 atom stereocenters. The smallest absolute Gasteiger partial charge is 0.350 e. The SMILES string of the molecule is COC(=O)c1sc(-c2cccs2)cc1N.Cl. The second-order valence-electron chi connectivity index (χ2n) is 2.86. The van der Waals surface area contributed by atoms with Crippen molar-refractivity contribution in [1.29, 1.82) is 0 Å². The first-order valence-corrected chi connectivity index (χ1v) is 5.93. The van der Waals surface area contributed by atoms with Crippen molar-refractivity contribution in [2.45, 2.75) is 0 Å². The van der Waals surface area contributed by atoms with Crippen LogP contribution in [-0.4, -0.2) is 13.1 Å². The van der Waals surface area contributed by atoms with E-state index in [2.05, 4.69) is 4.74 Å². The van der Waals surface area contributed by atoms with E-state index in [-0.39, 0.29) is 18.4 Å². The third-order valence-electron chi connectivity index (χ3n) is 1.90. The molecule has 0 amide bonds. The zero-order valence-corrected chi connectivity index (χ0v) is 10.9. The number of nitrogen functional groups attached to an aromatic ring is 1. The molecular formula is C10H10ClNO2S2. The normalized spacial score (nSPS) is 9.56. The van der Waals surface area contributed by atoms with E-state index in [1.165, 1.54) is 18.4 Å². The van der Waals surface area contributed by atoms with Crippen LogP contribution in [0, 0.1) is 0 Å². The average Bonchev–Trinajstić information content (AvgIpc) is 2.84. The van der Waals surface area contributed by atoms with Gasteiger partial charge < -0.3 is 10.5 Å². The topological polar surface area (TPSA) is 52.3 Å². The molecule has 0 radical (unpaired) electrons. The number of thiophene rings is 2. The van der Waals surface area contributed by atoms with Crippen LogP contribution in [-0.2, 0) is 4.74 Å². The van der Waals surface area contributed by atoms with Gasteiger partial charge in [-0.25, -0.2) is 4.79 Å². The van der Waals surface area contributed by atoms with Gasteiger partial charge in [0, 0.05) is 9.75 Å². The molecule has 0 spiro atoms. The minimum Gasteiger partial charge on any atom is -0.465 e. The zero-order chi connectivity index (χ0) is 10.8. The second-order valence-corrected chi connectivity index (χ2v) is 4.86. The summed E-state index contributed by atoms with van der Waals surface area (Å²) in [6.07, 6.45) is 0. The highest BCUT2D eigenvalue weighted by atomic mass is 35.5. The Hall–Kier alpha value is -1.04. The molecule has 2 N–H and O–H groups in total. The van der Waals surface area contributed by atoms with Gasteiger partial charge >= 0.3 is 5.97 Å². The third-order valence-corrected chi connectivity index (χ3v) is 4.09. The van der Waals surface area contributed by atoms with Crippen molar-refractivity contribution in [2.24, 2.45) is 0 Å². The van der Waals surface area contributed by atoms with Crippen LogP contribution in [0.15, 0.2) is 23.6 Å². The van der Waals surface area contributed by atoms with Crippen LogP contribution in [0.25, 0.3) is 9.75 Å². The van der Waals surface area contributed by atoms with E-state index in [9.17, 15) is 4.79 Å². The predicted molar refractivity (Wildman–Crippen MR) is 70.6 cm³/mol. The number of carbonyl (C=O) groups excluding carboxylic acids is 1. The van der Waals surface area contributed by atoms with Gasteiger partial charge in [0.1, 0.15) is 4.88 Å². The lowest BCUT2D eigenvalue weighted by molar-refractivity contribution is 0.0607. The molecule has 0 saturated heterocycles. The molecule has 0 aliphatic rings. The summed E-state index contributed by atoms with van der Waals surface area (Å²) >= 11 is 2.98. The molecular weight excluding hydrogens is 266 g/mol. The number of halogens is 1. The highest BCUT2D eigenvalue weighted by molar-refractivity contribution is 7.22. The van der Waals surface area contributed by atoms with E-state index in [0.717, 1.165) is 9.75 Å². The molecule has 2 heterocycles. The van der Waals surface area contributed by atoms with Crippen LogP contribution in [0.2, 0.25) is 0 Å². The zero-order valence-electron chi connectivity index (χ0n) is 8.43. The summed E-state index contributed by atoms with van der Waals surface area (Å²) in [5.74, 6) is -0.375. The minimum atomic E-state index is -0.375. The van der Waals surface area contributed by atoms with Gasteiger partial charge in [0.05, 0.1) is 12.8 Å². The van der Waals surface area contributed by atoms with Gasteiger partial charge in [-0.2, -0.15) is 0 Å². The Bertz CT molecular complexity index is 479. The van der Waals surface area contributed by atoms with Crippen LogP contribution in [0.1, 0.15) is 9.67 Å². The van der Waals surface area contributed by atoms with E-state index < -0.39 is 0 Å². The van der Waals surface area contributed by atoms with Crippen molar-refractivity contribution < 1.29 is 9.53 Å². The monoisotopic (exact) mass is 275 g/mol. The van der Waals surface area contributed by atoms with Crippen LogP contribution >= 0.6 is 35.1 Å². The number of esters is 1. The van der Waals surface area contributed by atoms with E-state index in [1.54, 1.807) is 11.3 Å². The first-order chi connectivity index (χ1) is 7.22. The fourth-order valence-electron chi connectivity index (χ4n) is 1.20. The summed E-state index contributed by atoms with van der Waals surface area (Å²) in [7, 11) is 1.35. The molecule has 2 aromatic heterocycles. The minimum absolute atomic E-state index is 0. The molecule has 3 nitrogen and oxygen atoms in total. The van der Waals surface area contributed by atoms with Crippen molar-refractivity contribution in [1.82, 2.24) is 0 Å². The molecule has 16 heavy (non-hydrogen) atoms. The lowest BCUT2D eigenvalue weighted by Gasteiger charge is -1.94. The molecule has 0 aliphatic carbocycles. The van der Waals surface area contributed by atoms with Gasteiger partial charge in [-0.3, -0.25) is 0 Å². The standard InChI is InChI=1S/C10H9NO2S2.ClH/c1-13-10(12)9-6(11)5-8(15-9)7-3-2-4-14-7;/h2-5H,11H2,1H3;1H. The lowest BCUT2D eigenvalue weighted by atomic mass is 10.3. The van der Waals surface area contributed by atoms with Gasteiger partial charge in [0.15, 0.2) is 0 Å². The molecule has 0 aromatic carbocycles. The molecule has 2 rings (SSSR count). The Morgan fingerprint density at radius 3 is 2.75 bits per heavy atom. The Morgan fingerprint density at radius 2 is 2.19 bits per heavy atom. The number of hydrogen-bond donors (Lipinski definition) is 1. The maximum Gasteiger partial charge on any atom is 0.350 e. The lowest BCUT2D eigenvalue weighted by Crippen LogP contribution is -2.00. The molecule has 6 heteroatoms. The van der Waals surface area contributed by atoms with Gasteiger partial charge in [-0.05, 0) is 17.5 Å². The number of methoxy groups -OCH3 is 1. The Morgan fingerprint density at radius 1 is 1.44 bits per heavy atom. The molecule has 0 unspecified atom stereocenters. The summed E-state index contributed by atoms with van der Waals surface area (Å²) in [5, 5.41) is 1.99. The van der Waals surface area contributed by atoms with Crippen molar-refractivity contribution in [3.8, 4) is 9.75 Å². The summed E-state index contributed by atoms with van der Waals surface area (Å²) in [4.78, 5) is 13.9. The maximum absolute atomic E-state index is 11.3. The van der Waals surface area contributed by atoms with E-state index in [1.807, 2.05) is 23.6 Å². The molecule has 0 saturated carbocycles. The van der Waals surface area contributed by atoms with Gasteiger partial charge in [0.2, 0.25) is 0 Å². The Kier molecular flexibility index (Phi) is 4.35. The van der Waals surface area contributed by atoms with Gasteiger partial charge in [-0.15, -0.1) is 35.1 Å². The largest absolute Gasteiger partial charge is 0.465 e. The number of rotatable bonds is 2. The van der Waals surface area contributed by atoms with Crippen LogP contribution < -0.4 is 5.73 Å². The van der Waals surface area contributed by atoms with Crippen LogP contribution in [0.5, 0.6) is 0 Å². The Balaban J connectivity index is 0.00000128. The van der Waals surface area contributed by atoms with E-state index >= 15 is 0 Å². The average molecular weight is 276 g/mol. The first kappa shape index (κ1) is 13.0. The first-order valence-electron chi connectivity index (χ1n) is 4.24. The fourth-order valence-corrected chi connectivity index (χ4v) is 3.02. The van der Waals surface area contributed by atoms with Gasteiger partial charge in [-0.1, -0.05) is 6.07 Å². The molecule has 0 bridgehead atoms. The van der Waals surface area contributed by atoms with E-state index in [0.29, 0.717) is 10.6 Å². The van der Waals surface area contributed by atoms with Crippen LogP contribution in [0.3, 0.4) is 0 Å². The van der Waals surface area contributed by atoms with Crippen molar-refractivity contribution in [3.05, 3.63) is 28.5 Å². The van der Waals surface area contributed by atoms with Gasteiger partial charge in [0.25, 0.3) is 0 Å². The quantitative estimate of drug-likeness (QED) is 0.856. The molecule has 86 valence electrons. The number of ether oxygens (including phenoxy) is 1. The number of nitrogens with two attached hydrogens (primary N) is 1. The number of carbonyl (C=O) groups is 1. The van der Waals surface area contributed by atoms with Crippen molar-refractivity contribution in [3.63, 3.8) is 0 Å².